The van der Waals surface area contributed by atoms with Crippen molar-refractivity contribution in [3.63, 3.8) is 0 Å². The van der Waals surface area contributed by atoms with E-state index in [4.69, 9.17) is 10.1 Å². The summed E-state index contributed by atoms with van der Waals surface area (Å²) in [6.45, 7) is 2.25. The molecule has 0 radical (unpaired) electrons. The highest BCUT2D eigenvalue weighted by Crippen LogP contribution is 2.06. The maximum absolute atomic E-state index is 11.4. The second-order valence-electron chi connectivity index (χ2n) is 2.86. The standard InChI is InChI=1S/C8H10N4O3/c1-5-4-15-12-7(5)10-8(13)6(3-9)11-14-2/h5H,4H2,1-2H3,(H,10,12,13)/b11-6+. The van der Waals surface area contributed by atoms with Crippen LogP contribution < -0.4 is 5.32 Å². The van der Waals surface area contributed by atoms with Crippen LogP contribution in [0.15, 0.2) is 10.3 Å². The van der Waals surface area contributed by atoms with Crippen molar-refractivity contribution in [3.8, 4) is 6.07 Å². The summed E-state index contributed by atoms with van der Waals surface area (Å²) >= 11 is 0. The highest BCUT2D eigenvalue weighted by atomic mass is 16.6. The third-order valence-corrected chi connectivity index (χ3v) is 1.70. The van der Waals surface area contributed by atoms with Gasteiger partial charge in [0.05, 0.1) is 5.92 Å². The molecule has 0 fully saturated rings. The third kappa shape index (κ3) is 2.67. The van der Waals surface area contributed by atoms with Gasteiger partial charge in [-0.2, -0.15) is 5.26 Å². The lowest BCUT2D eigenvalue weighted by Crippen LogP contribution is -2.37. The van der Waals surface area contributed by atoms with Crippen molar-refractivity contribution >= 4 is 17.5 Å². The van der Waals surface area contributed by atoms with E-state index in [1.165, 1.54) is 7.11 Å². The molecular weight excluding hydrogens is 200 g/mol. The summed E-state index contributed by atoms with van der Waals surface area (Å²) in [6, 6.07) is 1.61. The van der Waals surface area contributed by atoms with E-state index in [1.54, 1.807) is 6.07 Å². The van der Waals surface area contributed by atoms with Crippen LogP contribution in [0, 0.1) is 17.2 Å². The molecule has 7 heteroatoms. The van der Waals surface area contributed by atoms with E-state index < -0.39 is 5.91 Å². The molecule has 0 bridgehead atoms. The number of nitrogens with zero attached hydrogens (tertiary/aromatic N) is 3. The lowest BCUT2D eigenvalue weighted by atomic mass is 10.2. The van der Waals surface area contributed by atoms with Gasteiger partial charge in [0.25, 0.3) is 5.91 Å². The van der Waals surface area contributed by atoms with E-state index in [0.29, 0.717) is 12.4 Å². The number of carbonyl (C=O) groups excluding carboxylic acids is 1. The van der Waals surface area contributed by atoms with Crippen molar-refractivity contribution < 1.29 is 14.5 Å². The van der Waals surface area contributed by atoms with E-state index in [2.05, 4.69) is 20.5 Å². The van der Waals surface area contributed by atoms with Gasteiger partial charge in [-0.15, -0.1) is 0 Å². The first-order chi connectivity index (χ1) is 7.19. The van der Waals surface area contributed by atoms with Crippen molar-refractivity contribution in [2.24, 2.45) is 16.2 Å². The fourth-order valence-corrected chi connectivity index (χ4v) is 0.913. The summed E-state index contributed by atoms with van der Waals surface area (Å²) in [5.74, 6) is -0.272. The number of hydrogen-bond acceptors (Lipinski definition) is 6. The molecule has 0 aliphatic carbocycles. The molecule has 1 aliphatic heterocycles. The van der Waals surface area contributed by atoms with Crippen molar-refractivity contribution in [1.82, 2.24) is 5.32 Å². The van der Waals surface area contributed by atoms with Crippen LogP contribution >= 0.6 is 0 Å². The van der Waals surface area contributed by atoms with Gasteiger partial charge < -0.3 is 15.0 Å². The molecule has 0 aromatic carbocycles. The summed E-state index contributed by atoms with van der Waals surface area (Å²) in [7, 11) is 1.25. The Morgan fingerprint density at radius 1 is 1.87 bits per heavy atom. The van der Waals surface area contributed by atoms with Gasteiger partial charge >= 0.3 is 0 Å². The molecule has 0 saturated carbocycles. The van der Waals surface area contributed by atoms with E-state index in [9.17, 15) is 4.79 Å². The molecule has 1 rings (SSSR count). The lowest BCUT2D eigenvalue weighted by Gasteiger charge is -2.04. The van der Waals surface area contributed by atoms with Crippen LogP contribution in [0.25, 0.3) is 0 Å². The first-order valence-corrected chi connectivity index (χ1v) is 4.21. The monoisotopic (exact) mass is 210 g/mol. The Morgan fingerprint density at radius 2 is 2.60 bits per heavy atom. The number of rotatable bonds is 2. The van der Waals surface area contributed by atoms with Gasteiger partial charge in [0, 0.05) is 0 Å². The quantitative estimate of drug-likeness (QED) is 0.495. The number of nitriles is 1. The molecule has 1 aliphatic rings. The fourth-order valence-electron chi connectivity index (χ4n) is 0.913. The maximum Gasteiger partial charge on any atom is 0.289 e. The second-order valence-corrected chi connectivity index (χ2v) is 2.86. The lowest BCUT2D eigenvalue weighted by molar-refractivity contribution is -0.113. The maximum atomic E-state index is 11.4. The topological polar surface area (TPSA) is 96.1 Å². The molecule has 1 atom stereocenters. The van der Waals surface area contributed by atoms with Gasteiger partial charge in [0.15, 0.2) is 5.84 Å². The Labute approximate surface area is 86.3 Å². The zero-order valence-corrected chi connectivity index (χ0v) is 8.35. The Kier molecular flexibility index (Phi) is 3.62. The van der Waals surface area contributed by atoms with Gasteiger partial charge in [0.1, 0.15) is 19.8 Å². The zero-order valence-electron chi connectivity index (χ0n) is 8.35. The van der Waals surface area contributed by atoms with Crippen LogP contribution in [-0.2, 0) is 14.5 Å². The van der Waals surface area contributed by atoms with E-state index in [1.807, 2.05) is 6.92 Å². The van der Waals surface area contributed by atoms with Crippen LogP contribution in [0.4, 0.5) is 0 Å². The van der Waals surface area contributed by atoms with Crippen molar-refractivity contribution in [2.45, 2.75) is 6.92 Å². The largest absolute Gasteiger partial charge is 0.398 e. The van der Waals surface area contributed by atoms with E-state index in [-0.39, 0.29) is 11.6 Å². The smallest absolute Gasteiger partial charge is 0.289 e. The summed E-state index contributed by atoms with van der Waals surface area (Å²) in [5, 5.41) is 17.9. The summed E-state index contributed by atoms with van der Waals surface area (Å²) in [4.78, 5) is 20.5. The third-order valence-electron chi connectivity index (χ3n) is 1.70. The summed E-state index contributed by atoms with van der Waals surface area (Å²) < 4.78 is 0. The van der Waals surface area contributed by atoms with E-state index in [0.717, 1.165) is 0 Å². The number of amidine groups is 1. The summed E-state index contributed by atoms with van der Waals surface area (Å²) in [6.07, 6.45) is 0. The first kappa shape index (κ1) is 11.0. The molecule has 0 spiro atoms. The molecule has 0 saturated heterocycles. The Morgan fingerprint density at radius 3 is 3.07 bits per heavy atom. The van der Waals surface area contributed by atoms with Gasteiger partial charge in [-0.1, -0.05) is 17.2 Å². The minimum Gasteiger partial charge on any atom is -0.398 e. The van der Waals surface area contributed by atoms with Gasteiger partial charge in [-0.05, 0) is 0 Å². The van der Waals surface area contributed by atoms with Crippen molar-refractivity contribution in [2.75, 3.05) is 13.7 Å². The van der Waals surface area contributed by atoms with E-state index >= 15 is 0 Å². The van der Waals surface area contributed by atoms with Gasteiger partial charge in [-0.25, -0.2) is 0 Å². The number of nitrogens with one attached hydrogen (secondary N) is 1. The molecule has 1 N–H and O–H groups in total. The minimum absolute atomic E-state index is 0.00330. The average Bonchev–Trinajstić information content (AvgIpc) is 2.60. The van der Waals surface area contributed by atoms with Crippen LogP contribution in [0.2, 0.25) is 0 Å². The van der Waals surface area contributed by atoms with Gasteiger partial charge in [-0.3, -0.25) is 4.79 Å². The second kappa shape index (κ2) is 4.95. The first-order valence-electron chi connectivity index (χ1n) is 4.21. The molecule has 0 aromatic rings. The molecule has 15 heavy (non-hydrogen) atoms. The van der Waals surface area contributed by atoms with Crippen molar-refractivity contribution in [3.05, 3.63) is 0 Å². The van der Waals surface area contributed by atoms with Crippen LogP contribution in [0.3, 0.4) is 0 Å². The molecule has 7 nitrogen and oxygen atoms in total. The van der Waals surface area contributed by atoms with Crippen LogP contribution in [0.1, 0.15) is 6.92 Å². The average molecular weight is 210 g/mol. The zero-order chi connectivity index (χ0) is 11.3. The predicted octanol–water partition coefficient (Wildman–Crippen LogP) is -0.392. The Balaban J connectivity index is 2.63. The highest BCUT2D eigenvalue weighted by molar-refractivity contribution is 6.47. The fraction of sp³-hybridized carbons (Fsp3) is 0.500. The Bertz CT molecular complexity index is 355. The molecule has 1 unspecified atom stereocenters. The highest BCUT2D eigenvalue weighted by Gasteiger charge is 2.22. The number of carbonyl (C=O) groups is 1. The van der Waals surface area contributed by atoms with Crippen molar-refractivity contribution in [1.29, 1.82) is 5.26 Å². The Hall–Kier alpha value is -2.10. The molecule has 1 amide bonds. The van der Waals surface area contributed by atoms with Gasteiger partial charge in [0.2, 0.25) is 5.71 Å². The normalized spacial score (nSPS) is 19.9. The number of hydrogen-bond donors (Lipinski definition) is 1. The number of amides is 1. The molecule has 0 aromatic heterocycles. The summed E-state index contributed by atoms with van der Waals surface area (Å²) in [5.41, 5.74) is -0.362. The van der Waals surface area contributed by atoms with Crippen LogP contribution in [0.5, 0.6) is 0 Å². The molecular formula is C8H10N4O3. The molecule has 80 valence electrons. The predicted molar refractivity (Wildman–Crippen MR) is 50.8 cm³/mol. The van der Waals surface area contributed by atoms with Crippen LogP contribution in [-0.4, -0.2) is 31.2 Å². The molecule has 1 heterocycles. The SMILES string of the molecule is CO/N=C(\C#N)C(=O)NC1=NOCC1C. The number of oxime groups is 2. The minimum atomic E-state index is -0.657.